The molecule has 0 saturated carbocycles. The second-order valence-electron chi connectivity index (χ2n) is 8.93. The van der Waals surface area contributed by atoms with Crippen molar-refractivity contribution in [3.63, 3.8) is 0 Å². The number of carbonyl (C=O) groups excluding carboxylic acids is 1. The van der Waals surface area contributed by atoms with Gasteiger partial charge in [0, 0.05) is 17.8 Å². The van der Waals surface area contributed by atoms with Crippen molar-refractivity contribution in [3.05, 3.63) is 101 Å². The van der Waals surface area contributed by atoms with Crippen molar-refractivity contribution in [1.82, 2.24) is 19.8 Å². The highest BCUT2D eigenvalue weighted by atomic mass is 32.2. The van der Waals surface area contributed by atoms with Crippen LogP contribution in [-0.4, -0.2) is 41.8 Å². The highest BCUT2D eigenvalue weighted by molar-refractivity contribution is 7.90. The molecule has 196 valence electrons. The number of nitrogens with zero attached hydrogens (tertiary/aromatic N) is 2. The minimum absolute atomic E-state index is 0.0238. The first-order valence-electron chi connectivity index (χ1n) is 11.9. The summed E-state index contributed by atoms with van der Waals surface area (Å²) < 4.78 is 28.5. The number of hydrogen-bond donors (Lipinski definition) is 3. The summed E-state index contributed by atoms with van der Waals surface area (Å²) >= 11 is 0. The molecule has 0 bridgehead atoms. The lowest BCUT2D eigenvalue weighted by atomic mass is 10.0. The molecule has 10 heteroatoms. The molecule has 0 unspecified atom stereocenters. The summed E-state index contributed by atoms with van der Waals surface area (Å²) in [5, 5.41) is 16.6. The van der Waals surface area contributed by atoms with Crippen LogP contribution in [0.4, 0.5) is 4.79 Å². The number of aromatic carboxylic acids is 1. The molecule has 0 aliphatic heterocycles. The topological polar surface area (TPSA) is 130 Å². The van der Waals surface area contributed by atoms with Gasteiger partial charge in [0.1, 0.15) is 0 Å². The van der Waals surface area contributed by atoms with Crippen molar-refractivity contribution in [1.29, 1.82) is 0 Å². The van der Waals surface area contributed by atoms with Crippen LogP contribution < -0.4 is 10.0 Å². The fourth-order valence-corrected chi connectivity index (χ4v) is 5.11. The molecule has 1 aromatic heterocycles. The van der Waals surface area contributed by atoms with Gasteiger partial charge in [-0.15, -0.1) is 0 Å². The highest BCUT2D eigenvalue weighted by Gasteiger charge is 2.18. The van der Waals surface area contributed by atoms with Gasteiger partial charge in [-0.1, -0.05) is 42.0 Å². The molecule has 4 aromatic rings. The lowest BCUT2D eigenvalue weighted by Gasteiger charge is -2.10. The van der Waals surface area contributed by atoms with Crippen LogP contribution in [0.1, 0.15) is 32.9 Å². The normalized spacial score (nSPS) is 11.2. The van der Waals surface area contributed by atoms with Crippen LogP contribution in [-0.2, 0) is 16.4 Å². The number of carbonyl (C=O) groups is 2. The highest BCUT2D eigenvalue weighted by Crippen LogP contribution is 2.29. The zero-order valence-corrected chi connectivity index (χ0v) is 22.0. The fourth-order valence-electron chi connectivity index (χ4n) is 4.18. The molecular weight excluding hydrogens is 504 g/mol. The van der Waals surface area contributed by atoms with Crippen molar-refractivity contribution < 1.29 is 23.1 Å². The first-order valence-corrected chi connectivity index (χ1v) is 13.4. The third-order valence-electron chi connectivity index (χ3n) is 6.13. The molecule has 1 heterocycles. The molecular formula is C28H28N4O5S. The van der Waals surface area contributed by atoms with E-state index in [4.69, 9.17) is 0 Å². The predicted molar refractivity (Wildman–Crippen MR) is 144 cm³/mol. The average Bonchev–Trinajstić information content (AvgIpc) is 3.18. The van der Waals surface area contributed by atoms with Crippen molar-refractivity contribution in [2.24, 2.45) is 0 Å². The Labute approximate surface area is 221 Å². The Kier molecular flexibility index (Phi) is 7.63. The quantitative estimate of drug-likeness (QED) is 0.309. The molecule has 0 radical (unpaired) electrons. The van der Waals surface area contributed by atoms with Crippen LogP contribution in [0.15, 0.2) is 77.7 Å². The van der Waals surface area contributed by atoms with Gasteiger partial charge >= 0.3 is 12.0 Å². The monoisotopic (exact) mass is 532 g/mol. The summed E-state index contributed by atoms with van der Waals surface area (Å²) in [6.07, 6.45) is 0.503. The van der Waals surface area contributed by atoms with Gasteiger partial charge < -0.3 is 10.4 Å². The van der Waals surface area contributed by atoms with Crippen LogP contribution in [0.25, 0.3) is 16.8 Å². The number of hydrogen-bond acceptors (Lipinski definition) is 5. The van der Waals surface area contributed by atoms with E-state index in [1.165, 1.54) is 12.1 Å². The van der Waals surface area contributed by atoms with E-state index in [1.807, 2.05) is 60.5 Å². The Morgan fingerprint density at radius 2 is 1.63 bits per heavy atom. The van der Waals surface area contributed by atoms with Crippen LogP contribution in [0.3, 0.4) is 0 Å². The van der Waals surface area contributed by atoms with Gasteiger partial charge in [-0.2, -0.15) is 5.10 Å². The number of aromatic nitrogens is 2. The summed E-state index contributed by atoms with van der Waals surface area (Å²) in [7, 11) is -3.94. The minimum atomic E-state index is -3.94. The number of nitrogens with one attached hydrogen (secondary N) is 2. The molecule has 0 fully saturated rings. The van der Waals surface area contributed by atoms with Gasteiger partial charge in [-0.05, 0) is 74.7 Å². The number of carboxylic acids is 1. The number of urea groups is 1. The molecule has 0 saturated heterocycles. The van der Waals surface area contributed by atoms with Crippen LogP contribution in [0.5, 0.6) is 0 Å². The van der Waals surface area contributed by atoms with E-state index in [-0.39, 0.29) is 17.0 Å². The van der Waals surface area contributed by atoms with Crippen LogP contribution in [0.2, 0.25) is 0 Å². The summed E-state index contributed by atoms with van der Waals surface area (Å²) in [6, 6.07) is 19.9. The van der Waals surface area contributed by atoms with Crippen molar-refractivity contribution in [3.8, 4) is 16.8 Å². The molecule has 9 nitrogen and oxygen atoms in total. The lowest BCUT2D eigenvalue weighted by Crippen LogP contribution is -2.40. The van der Waals surface area contributed by atoms with Gasteiger partial charge in [-0.25, -0.2) is 27.4 Å². The first kappa shape index (κ1) is 26.6. The average molecular weight is 533 g/mol. The fraction of sp³-hybridized carbons (Fsp3) is 0.179. The van der Waals surface area contributed by atoms with Crippen molar-refractivity contribution in [2.75, 3.05) is 6.54 Å². The van der Waals surface area contributed by atoms with Gasteiger partial charge in [0.15, 0.2) is 0 Å². The second-order valence-corrected chi connectivity index (χ2v) is 10.6. The molecule has 0 atom stereocenters. The third kappa shape index (κ3) is 5.92. The molecule has 2 amide bonds. The molecule has 3 N–H and O–H groups in total. The molecule has 38 heavy (non-hydrogen) atoms. The van der Waals surface area contributed by atoms with Crippen LogP contribution >= 0.6 is 0 Å². The Morgan fingerprint density at radius 1 is 0.947 bits per heavy atom. The van der Waals surface area contributed by atoms with E-state index < -0.39 is 22.0 Å². The van der Waals surface area contributed by atoms with E-state index in [2.05, 4.69) is 10.4 Å². The van der Waals surface area contributed by atoms with Crippen LogP contribution in [0, 0.1) is 20.8 Å². The van der Waals surface area contributed by atoms with E-state index in [0.29, 0.717) is 6.42 Å². The maximum absolute atomic E-state index is 12.3. The molecule has 0 aliphatic carbocycles. The smallest absolute Gasteiger partial charge is 0.335 e. The number of sulfonamides is 1. The summed E-state index contributed by atoms with van der Waals surface area (Å²) in [4.78, 5) is 23.5. The van der Waals surface area contributed by atoms with Gasteiger partial charge in [0.05, 0.1) is 21.8 Å². The number of rotatable bonds is 8. The Morgan fingerprint density at radius 3 is 2.29 bits per heavy atom. The molecule has 3 aromatic carbocycles. The Bertz CT molecular complexity index is 1590. The zero-order valence-electron chi connectivity index (χ0n) is 21.2. The Balaban J connectivity index is 1.39. The standard InChI is InChI=1S/C28H28N4O5S/c1-18-7-13-25(14-8-18)38(36,37)31-28(35)29-16-15-21-9-11-24(12-10-21)32-20(3)26(19(2)30-32)22-5-4-6-23(17-22)27(33)34/h4-14,17H,15-16H2,1-3H3,(H,33,34)(H2,29,31,35). The number of carboxylic acid groups (broad SMARTS) is 1. The molecule has 0 spiro atoms. The van der Waals surface area contributed by atoms with Crippen molar-refractivity contribution in [2.45, 2.75) is 32.1 Å². The Hall–Kier alpha value is -4.44. The number of benzene rings is 3. The van der Waals surface area contributed by atoms with Gasteiger partial charge in [0.25, 0.3) is 10.0 Å². The second kappa shape index (κ2) is 10.9. The maximum Gasteiger partial charge on any atom is 0.335 e. The zero-order chi connectivity index (χ0) is 27.4. The largest absolute Gasteiger partial charge is 0.478 e. The van der Waals surface area contributed by atoms with E-state index in [1.54, 1.807) is 30.3 Å². The lowest BCUT2D eigenvalue weighted by molar-refractivity contribution is 0.0697. The maximum atomic E-state index is 12.3. The minimum Gasteiger partial charge on any atom is -0.478 e. The SMILES string of the molecule is Cc1ccc(S(=O)(=O)NC(=O)NCCc2ccc(-n3nc(C)c(-c4cccc(C(=O)O)c4)c3C)cc2)cc1. The first-order chi connectivity index (χ1) is 18.0. The van der Waals surface area contributed by atoms with Crippen molar-refractivity contribution >= 4 is 22.0 Å². The number of amides is 2. The van der Waals surface area contributed by atoms with Gasteiger partial charge in [0.2, 0.25) is 0 Å². The third-order valence-corrected chi connectivity index (χ3v) is 7.47. The summed E-state index contributed by atoms with van der Waals surface area (Å²) in [5.41, 5.74) is 6.26. The molecule has 0 aliphatic rings. The number of aryl methyl sites for hydroxylation is 2. The summed E-state index contributed by atoms with van der Waals surface area (Å²) in [5.74, 6) is -0.981. The van der Waals surface area contributed by atoms with E-state index in [0.717, 1.165) is 39.3 Å². The molecule has 4 rings (SSSR count). The predicted octanol–water partition coefficient (Wildman–Crippen LogP) is 4.39. The van der Waals surface area contributed by atoms with E-state index in [9.17, 15) is 23.1 Å². The summed E-state index contributed by atoms with van der Waals surface area (Å²) in [6.45, 7) is 5.92. The van der Waals surface area contributed by atoms with Gasteiger partial charge in [-0.3, -0.25) is 0 Å². The van der Waals surface area contributed by atoms with E-state index >= 15 is 0 Å².